The molecule has 7 heteroatoms. The van der Waals surface area contributed by atoms with Gasteiger partial charge >= 0.3 is 12.1 Å². The third-order valence-electron chi connectivity index (χ3n) is 2.03. The minimum absolute atomic E-state index is 0.0438. The van der Waals surface area contributed by atoms with E-state index >= 15 is 0 Å². The second kappa shape index (κ2) is 3.22. The highest BCUT2D eigenvalue weighted by atomic mass is 19.4. The van der Waals surface area contributed by atoms with E-state index in [1.54, 1.807) is 0 Å². The average Bonchev–Trinajstić information content (AvgIpc) is 2.57. The van der Waals surface area contributed by atoms with Gasteiger partial charge in [0.2, 0.25) is 0 Å². The van der Waals surface area contributed by atoms with Crippen LogP contribution in [0.25, 0.3) is 11.0 Å². The monoisotopic (exact) mass is 229 g/mol. The molecule has 0 aliphatic carbocycles. The van der Waals surface area contributed by atoms with Crippen molar-refractivity contribution in [3.8, 4) is 0 Å². The zero-order valence-electron chi connectivity index (χ0n) is 7.82. The largest absolute Gasteiger partial charge is 0.472 e. The Labute approximate surface area is 87.5 Å². The molecule has 1 heterocycles. The van der Waals surface area contributed by atoms with Crippen LogP contribution in [0.15, 0.2) is 24.5 Å². The Morgan fingerprint density at radius 2 is 2.06 bits per heavy atom. The fraction of sp³-hybridized carbons (Fsp3) is 0.111. The van der Waals surface area contributed by atoms with Gasteiger partial charge in [0.05, 0.1) is 11.0 Å². The lowest BCUT2D eigenvalue weighted by Crippen LogP contribution is -2.28. The number of carbonyl (C=O) groups excluding carboxylic acids is 1. The molecule has 16 heavy (non-hydrogen) atoms. The minimum Gasteiger partial charge on any atom is -0.399 e. The molecule has 0 spiro atoms. The predicted molar refractivity (Wildman–Crippen MR) is 50.8 cm³/mol. The molecule has 0 saturated carbocycles. The molecule has 0 radical (unpaired) electrons. The SMILES string of the molecule is Nc1ccc2ncn(C(=O)C(F)(F)F)c2c1. The molecule has 0 aliphatic rings. The minimum atomic E-state index is -4.93. The summed E-state index contributed by atoms with van der Waals surface area (Å²) in [5.74, 6) is -1.99. The number of nitrogens with zero attached hydrogens (tertiary/aromatic N) is 2. The lowest BCUT2D eigenvalue weighted by molar-refractivity contribution is -0.0943. The van der Waals surface area contributed by atoms with Crippen LogP contribution in [0.5, 0.6) is 0 Å². The molecule has 0 atom stereocenters. The molecule has 2 rings (SSSR count). The van der Waals surface area contributed by atoms with Crippen molar-refractivity contribution in [1.82, 2.24) is 9.55 Å². The topological polar surface area (TPSA) is 60.9 Å². The van der Waals surface area contributed by atoms with Gasteiger partial charge in [0.15, 0.2) is 0 Å². The Hall–Kier alpha value is -2.05. The van der Waals surface area contributed by atoms with E-state index in [1.165, 1.54) is 18.2 Å². The maximum atomic E-state index is 12.2. The number of nitrogen functional groups attached to an aromatic ring is 1. The van der Waals surface area contributed by atoms with Gasteiger partial charge in [-0.05, 0) is 18.2 Å². The predicted octanol–water partition coefficient (Wildman–Crippen LogP) is 1.82. The van der Waals surface area contributed by atoms with Crippen molar-refractivity contribution in [2.45, 2.75) is 6.18 Å². The van der Waals surface area contributed by atoms with Crippen molar-refractivity contribution in [2.24, 2.45) is 0 Å². The van der Waals surface area contributed by atoms with Gasteiger partial charge in [-0.3, -0.25) is 9.36 Å². The van der Waals surface area contributed by atoms with E-state index in [-0.39, 0.29) is 16.7 Å². The van der Waals surface area contributed by atoms with Crippen LogP contribution in [0.1, 0.15) is 4.79 Å². The lowest BCUT2D eigenvalue weighted by atomic mass is 10.3. The molecule has 0 fully saturated rings. The number of halogens is 3. The number of rotatable bonds is 0. The Balaban J connectivity index is 2.62. The fourth-order valence-electron chi connectivity index (χ4n) is 1.32. The molecule has 2 N–H and O–H groups in total. The number of alkyl halides is 3. The summed E-state index contributed by atoms with van der Waals surface area (Å²) in [7, 11) is 0. The third-order valence-corrected chi connectivity index (χ3v) is 2.03. The van der Waals surface area contributed by atoms with E-state index in [9.17, 15) is 18.0 Å². The van der Waals surface area contributed by atoms with E-state index in [1.807, 2.05) is 0 Å². The van der Waals surface area contributed by atoms with Crippen LogP contribution >= 0.6 is 0 Å². The van der Waals surface area contributed by atoms with Crippen LogP contribution in [-0.2, 0) is 0 Å². The van der Waals surface area contributed by atoms with Crippen LogP contribution < -0.4 is 5.73 Å². The summed E-state index contributed by atoms with van der Waals surface area (Å²) in [6, 6.07) is 4.22. The molecule has 1 aromatic heterocycles. The summed E-state index contributed by atoms with van der Waals surface area (Å²) < 4.78 is 37.1. The molecule has 0 amide bonds. The number of carbonyl (C=O) groups is 1. The van der Waals surface area contributed by atoms with E-state index in [0.717, 1.165) is 6.33 Å². The molecule has 84 valence electrons. The average molecular weight is 229 g/mol. The van der Waals surface area contributed by atoms with Crippen molar-refractivity contribution >= 4 is 22.6 Å². The zero-order chi connectivity index (χ0) is 11.9. The molecular formula is C9H6F3N3O. The molecule has 0 bridgehead atoms. The Bertz CT molecular complexity index is 559. The molecule has 4 nitrogen and oxygen atoms in total. The van der Waals surface area contributed by atoms with Crippen molar-refractivity contribution in [3.05, 3.63) is 24.5 Å². The van der Waals surface area contributed by atoms with E-state index in [2.05, 4.69) is 4.98 Å². The first-order chi connectivity index (χ1) is 7.39. The van der Waals surface area contributed by atoms with E-state index in [0.29, 0.717) is 4.57 Å². The molecule has 0 unspecified atom stereocenters. The van der Waals surface area contributed by atoms with Crippen LogP contribution in [0.3, 0.4) is 0 Å². The first-order valence-electron chi connectivity index (χ1n) is 4.23. The summed E-state index contributed by atoms with van der Waals surface area (Å²) in [6.45, 7) is 0. The molecular weight excluding hydrogens is 223 g/mol. The number of nitrogens with two attached hydrogens (primary N) is 1. The van der Waals surface area contributed by atoms with Crippen LogP contribution in [0.2, 0.25) is 0 Å². The fourth-order valence-corrected chi connectivity index (χ4v) is 1.32. The Morgan fingerprint density at radius 3 is 2.69 bits per heavy atom. The summed E-state index contributed by atoms with van der Waals surface area (Å²) in [6.07, 6.45) is -4.10. The maximum Gasteiger partial charge on any atom is 0.472 e. The highest BCUT2D eigenvalue weighted by Crippen LogP contribution is 2.22. The number of imidazole rings is 1. The second-order valence-electron chi connectivity index (χ2n) is 3.17. The first kappa shape index (κ1) is 10.5. The quantitative estimate of drug-likeness (QED) is 0.701. The molecule has 1 aromatic carbocycles. The highest BCUT2D eigenvalue weighted by Gasteiger charge is 2.40. The summed E-state index contributed by atoms with van der Waals surface area (Å²) in [4.78, 5) is 14.7. The number of fused-ring (bicyclic) bond motifs is 1. The molecule has 0 saturated heterocycles. The summed E-state index contributed by atoms with van der Waals surface area (Å²) in [5, 5.41) is 0. The molecule has 0 aliphatic heterocycles. The third kappa shape index (κ3) is 1.60. The summed E-state index contributed by atoms with van der Waals surface area (Å²) >= 11 is 0. The molecule has 2 aromatic rings. The van der Waals surface area contributed by atoms with Gasteiger partial charge in [0.25, 0.3) is 0 Å². The smallest absolute Gasteiger partial charge is 0.399 e. The van der Waals surface area contributed by atoms with Gasteiger partial charge < -0.3 is 5.73 Å². The number of aromatic nitrogens is 2. The zero-order valence-corrected chi connectivity index (χ0v) is 7.82. The van der Waals surface area contributed by atoms with Gasteiger partial charge in [-0.1, -0.05) is 0 Å². The standard InChI is InChI=1S/C9H6F3N3O/c10-9(11,12)8(16)15-4-14-6-2-1-5(13)3-7(6)15/h1-4H,13H2. The van der Waals surface area contributed by atoms with Crippen molar-refractivity contribution in [2.75, 3.05) is 5.73 Å². The van der Waals surface area contributed by atoms with E-state index < -0.39 is 12.1 Å². The van der Waals surface area contributed by atoms with Crippen molar-refractivity contribution in [3.63, 3.8) is 0 Å². The number of benzene rings is 1. The van der Waals surface area contributed by atoms with E-state index in [4.69, 9.17) is 5.73 Å². The van der Waals surface area contributed by atoms with Gasteiger partial charge in [0, 0.05) is 5.69 Å². The lowest BCUT2D eigenvalue weighted by Gasteiger charge is -2.06. The Morgan fingerprint density at radius 1 is 1.38 bits per heavy atom. The number of hydrogen-bond donors (Lipinski definition) is 1. The first-order valence-corrected chi connectivity index (χ1v) is 4.23. The Kier molecular flexibility index (Phi) is 2.11. The number of anilines is 1. The normalized spacial score (nSPS) is 11.9. The van der Waals surface area contributed by atoms with Gasteiger partial charge in [-0.15, -0.1) is 0 Å². The van der Waals surface area contributed by atoms with Gasteiger partial charge in [-0.2, -0.15) is 13.2 Å². The van der Waals surface area contributed by atoms with Gasteiger partial charge in [-0.25, -0.2) is 4.98 Å². The number of hydrogen-bond acceptors (Lipinski definition) is 3. The van der Waals surface area contributed by atoms with Crippen molar-refractivity contribution in [1.29, 1.82) is 0 Å². The van der Waals surface area contributed by atoms with Crippen molar-refractivity contribution < 1.29 is 18.0 Å². The van der Waals surface area contributed by atoms with Gasteiger partial charge in [0.1, 0.15) is 6.33 Å². The maximum absolute atomic E-state index is 12.2. The van der Waals surface area contributed by atoms with Crippen LogP contribution in [0.4, 0.5) is 18.9 Å². The second-order valence-corrected chi connectivity index (χ2v) is 3.17. The van der Waals surface area contributed by atoms with Crippen LogP contribution in [-0.4, -0.2) is 21.6 Å². The van der Waals surface area contributed by atoms with Crippen LogP contribution in [0, 0.1) is 0 Å². The summed E-state index contributed by atoms with van der Waals surface area (Å²) in [5.41, 5.74) is 6.02. The highest BCUT2D eigenvalue weighted by molar-refractivity contribution is 5.94.